The number of pyridine rings is 2. The number of hydrogen-bond acceptors (Lipinski definition) is 7. The molecule has 0 aliphatic rings. The summed E-state index contributed by atoms with van der Waals surface area (Å²) in [7, 11) is 0. The van der Waals surface area contributed by atoms with E-state index in [1.807, 2.05) is 93.6 Å². The monoisotopic (exact) mass is 1020 g/mol. The van der Waals surface area contributed by atoms with Gasteiger partial charge in [-0.15, -0.1) is 54.1 Å². The number of rotatable bonds is 7. The Labute approximate surface area is 386 Å². The van der Waals surface area contributed by atoms with E-state index in [0.29, 0.717) is 22.8 Å². The van der Waals surface area contributed by atoms with Crippen molar-refractivity contribution in [3.63, 3.8) is 0 Å². The summed E-state index contributed by atoms with van der Waals surface area (Å²) in [5.41, 5.74) is 11.5. The van der Waals surface area contributed by atoms with Crippen LogP contribution in [0.5, 0.6) is 0 Å². The third kappa shape index (κ3) is 8.64. The smallest absolute Gasteiger partial charge is 0.312 e. The third-order valence-corrected chi connectivity index (χ3v) is 11.0. The normalized spacial score (nSPS) is 11.6. The van der Waals surface area contributed by atoms with Crippen LogP contribution in [0.4, 0.5) is 4.39 Å². The van der Waals surface area contributed by atoms with Crippen molar-refractivity contribution in [2.75, 3.05) is 0 Å². The van der Waals surface area contributed by atoms with Gasteiger partial charge in [-0.3, -0.25) is 4.98 Å². The minimum Gasteiger partial charge on any atom is -0.486 e. The minimum atomic E-state index is -0.842. The van der Waals surface area contributed by atoms with Gasteiger partial charge >= 0.3 is 6.08 Å². The molecule has 10 aromatic rings. The Bertz CT molecular complexity index is 3170. The zero-order valence-electron chi connectivity index (χ0n) is 36.7. The molecule has 5 aromatic heterocycles. The maximum Gasteiger partial charge on any atom is 0.312 e. The molecule has 0 aliphatic heterocycles. The van der Waals surface area contributed by atoms with Crippen LogP contribution in [-0.4, -0.2) is 34.5 Å². The van der Waals surface area contributed by atoms with Crippen LogP contribution in [0.2, 0.25) is 0 Å². The molecular formula is C54H46FIrN7O-2. The number of hydrogen-bond donors (Lipinski definition) is 0. The van der Waals surface area contributed by atoms with Gasteiger partial charge in [-0.2, -0.15) is 14.4 Å². The molecule has 0 saturated heterocycles. The Kier molecular flexibility index (Phi) is 12.5. The fourth-order valence-electron chi connectivity index (χ4n) is 7.82. The molecule has 1 radical (unpaired) electrons. The van der Waals surface area contributed by atoms with Crippen molar-refractivity contribution in [1.82, 2.24) is 34.5 Å². The summed E-state index contributed by atoms with van der Waals surface area (Å²) in [5.74, 6) is 1.69. The molecule has 0 bridgehead atoms. The quantitative estimate of drug-likeness (QED) is 0.147. The summed E-state index contributed by atoms with van der Waals surface area (Å²) in [6.07, 6.45) is 0.946. The molecule has 0 aliphatic carbocycles. The van der Waals surface area contributed by atoms with E-state index >= 15 is 0 Å². The van der Waals surface area contributed by atoms with Gasteiger partial charge in [-0.25, -0.2) is 9.97 Å². The van der Waals surface area contributed by atoms with E-state index in [-0.39, 0.29) is 37.8 Å². The molecular weight excluding hydrogens is 974 g/mol. The molecule has 5 heterocycles. The Hall–Kier alpha value is -6.74. The molecule has 10 heteroatoms. The average Bonchev–Trinajstić information content (AvgIpc) is 3.87. The number of furan rings is 1. The average molecular weight is 1020 g/mol. The van der Waals surface area contributed by atoms with E-state index < -0.39 is 11.5 Å². The van der Waals surface area contributed by atoms with E-state index in [1.165, 1.54) is 22.3 Å². The van der Waals surface area contributed by atoms with Gasteiger partial charge in [0.1, 0.15) is 11.5 Å². The second kappa shape index (κ2) is 18.2. The van der Waals surface area contributed by atoms with E-state index in [2.05, 4.69) is 119 Å². The summed E-state index contributed by atoms with van der Waals surface area (Å²) < 4.78 is 23.4. The summed E-state index contributed by atoms with van der Waals surface area (Å²) in [5, 5.41) is 1.69. The van der Waals surface area contributed by atoms with Crippen LogP contribution >= 0.6 is 0 Å². The first kappa shape index (κ1) is 43.9. The molecule has 0 unspecified atom stereocenters. The van der Waals surface area contributed by atoms with Gasteiger partial charge in [0.25, 0.3) is 0 Å². The van der Waals surface area contributed by atoms with Gasteiger partial charge in [0.2, 0.25) is 5.71 Å². The molecule has 0 spiro atoms. The molecule has 8 nitrogen and oxygen atoms in total. The SMILES string of the molecule is CC(C)c1cc(-c2ccccc2)cc(C(C)C)c1-n1c(-c2[c-]ccc3c2oc2nc(-c4nc(F)nc(C(C)(C)C)n4)ccc23)nc2ccccc21.[Ir].[c-]1ccccc1-c1ccccn1. The summed E-state index contributed by atoms with van der Waals surface area (Å²) in [6, 6.07) is 51.3. The van der Waals surface area contributed by atoms with E-state index in [0.717, 1.165) is 50.1 Å². The van der Waals surface area contributed by atoms with Crippen molar-refractivity contribution in [3.05, 3.63) is 175 Å². The van der Waals surface area contributed by atoms with Crippen molar-refractivity contribution >= 4 is 33.1 Å². The van der Waals surface area contributed by atoms with Gasteiger partial charge in [-0.1, -0.05) is 114 Å². The van der Waals surface area contributed by atoms with Crippen LogP contribution in [0.25, 0.3) is 84.1 Å². The van der Waals surface area contributed by atoms with Gasteiger partial charge in [-0.05, 0) is 82.2 Å². The molecule has 0 saturated carbocycles. The van der Waals surface area contributed by atoms with Crippen LogP contribution in [0, 0.1) is 18.2 Å². The number of nitrogens with zero attached hydrogens (tertiary/aromatic N) is 7. The van der Waals surface area contributed by atoms with Crippen LogP contribution in [-0.2, 0) is 25.5 Å². The maximum atomic E-state index is 14.6. The van der Waals surface area contributed by atoms with Crippen molar-refractivity contribution in [2.24, 2.45) is 0 Å². The first-order chi connectivity index (χ1) is 30.4. The molecule has 0 N–H and O–H groups in total. The zero-order chi connectivity index (χ0) is 43.8. The van der Waals surface area contributed by atoms with Gasteiger partial charge < -0.3 is 14.0 Å². The largest absolute Gasteiger partial charge is 0.486 e. The third-order valence-electron chi connectivity index (χ3n) is 11.0. The first-order valence-corrected chi connectivity index (χ1v) is 21.2. The fourth-order valence-corrected chi connectivity index (χ4v) is 7.82. The second-order valence-corrected chi connectivity index (χ2v) is 17.2. The van der Waals surface area contributed by atoms with Crippen LogP contribution < -0.4 is 0 Å². The molecule has 5 aromatic carbocycles. The maximum absolute atomic E-state index is 14.6. The summed E-state index contributed by atoms with van der Waals surface area (Å²) >= 11 is 0. The van der Waals surface area contributed by atoms with Crippen LogP contribution in [0.3, 0.4) is 0 Å². The topological polar surface area (TPSA) is 95.4 Å². The van der Waals surface area contributed by atoms with Crippen molar-refractivity contribution in [3.8, 4) is 51.0 Å². The molecule has 0 amide bonds. The van der Waals surface area contributed by atoms with Crippen molar-refractivity contribution < 1.29 is 28.9 Å². The zero-order valence-corrected chi connectivity index (χ0v) is 39.1. The molecule has 10 rings (SSSR count). The number of para-hydroxylation sites is 2. The van der Waals surface area contributed by atoms with E-state index in [9.17, 15) is 4.39 Å². The number of imidazole rings is 1. The number of fused-ring (bicyclic) bond motifs is 4. The van der Waals surface area contributed by atoms with Gasteiger partial charge in [0.15, 0.2) is 5.82 Å². The Morgan fingerprint density at radius 2 is 1.36 bits per heavy atom. The number of halogens is 1. The summed E-state index contributed by atoms with van der Waals surface area (Å²) in [6.45, 7) is 14.8. The molecule has 64 heavy (non-hydrogen) atoms. The fraction of sp³-hybridized carbons (Fsp3) is 0.185. The van der Waals surface area contributed by atoms with Crippen molar-refractivity contribution in [2.45, 2.75) is 65.7 Å². The number of aromatic nitrogens is 7. The van der Waals surface area contributed by atoms with Crippen LogP contribution in [0.15, 0.2) is 144 Å². The van der Waals surface area contributed by atoms with Crippen molar-refractivity contribution in [1.29, 1.82) is 0 Å². The predicted molar refractivity (Wildman–Crippen MR) is 250 cm³/mol. The molecule has 0 atom stereocenters. The van der Waals surface area contributed by atoms with Gasteiger partial charge in [0, 0.05) is 42.8 Å². The van der Waals surface area contributed by atoms with E-state index in [1.54, 1.807) is 12.3 Å². The standard InChI is InChI=1S/C43H38FN6O.C11H8N.Ir/c1-24(2)31-22-27(26-14-9-8-10-15-26)23-32(25(3)4)36(31)50-35-19-12-11-18-33(35)45-39(50)30-17-13-16-28-29-20-21-34(46-40(29)51-37(28)30)38-47-41(43(5,6)7)49-42(44)48-38;1-2-6-10(7-3-1)11-8-4-5-9-12-11;/h8-16,18-25H,1-7H3;1-6,8-9H;/q2*-1;. The molecule has 321 valence electrons. The van der Waals surface area contributed by atoms with Crippen LogP contribution in [0.1, 0.15) is 77.3 Å². The predicted octanol–water partition coefficient (Wildman–Crippen LogP) is 13.5. The first-order valence-electron chi connectivity index (χ1n) is 21.2. The molecule has 0 fully saturated rings. The Balaban J connectivity index is 0.000000372. The number of benzene rings is 5. The second-order valence-electron chi connectivity index (χ2n) is 17.2. The van der Waals surface area contributed by atoms with Gasteiger partial charge in [0.05, 0.1) is 22.4 Å². The summed E-state index contributed by atoms with van der Waals surface area (Å²) in [4.78, 5) is 26.7. The Morgan fingerprint density at radius 3 is 2.05 bits per heavy atom. The van der Waals surface area contributed by atoms with E-state index in [4.69, 9.17) is 14.4 Å². The minimum absolute atomic E-state index is 0. The Morgan fingerprint density at radius 1 is 0.641 bits per heavy atom.